The summed E-state index contributed by atoms with van der Waals surface area (Å²) >= 11 is 0. The molecule has 22 heavy (non-hydrogen) atoms. The predicted octanol–water partition coefficient (Wildman–Crippen LogP) is 1.80. The van der Waals surface area contributed by atoms with Crippen LogP contribution in [0.5, 0.6) is 0 Å². The van der Waals surface area contributed by atoms with Gasteiger partial charge in [-0.05, 0) is 5.56 Å². The van der Waals surface area contributed by atoms with Crippen molar-refractivity contribution in [1.82, 2.24) is 15.1 Å². The van der Waals surface area contributed by atoms with Crippen molar-refractivity contribution in [2.75, 3.05) is 6.54 Å². The van der Waals surface area contributed by atoms with E-state index in [9.17, 15) is 9.59 Å². The topological polar surface area (TPSA) is 95.5 Å². The fourth-order valence-electron chi connectivity index (χ4n) is 2.44. The van der Waals surface area contributed by atoms with Crippen LogP contribution in [0.4, 0.5) is 4.79 Å². The van der Waals surface area contributed by atoms with E-state index in [1.54, 1.807) is 0 Å². The van der Waals surface area contributed by atoms with Gasteiger partial charge in [-0.3, -0.25) is 5.10 Å². The second-order valence-corrected chi connectivity index (χ2v) is 5.05. The Bertz CT molecular complexity index is 696. The summed E-state index contributed by atoms with van der Waals surface area (Å²) in [5.74, 6) is -1.10. The Morgan fingerprint density at radius 2 is 2.09 bits per heavy atom. The Hall–Kier alpha value is -2.83. The lowest BCUT2D eigenvalue weighted by molar-refractivity contribution is 0.0683. The Balaban J connectivity index is 1.65. The van der Waals surface area contributed by atoms with Gasteiger partial charge in [0.2, 0.25) is 0 Å². The number of rotatable bonds is 3. The molecule has 0 atom stereocenters. The number of benzene rings is 1. The fourth-order valence-corrected chi connectivity index (χ4v) is 2.44. The second kappa shape index (κ2) is 5.88. The first-order chi connectivity index (χ1) is 10.6. The molecule has 3 rings (SSSR count). The summed E-state index contributed by atoms with van der Waals surface area (Å²) in [5.41, 5.74) is 2.19. The molecule has 0 bridgehead atoms. The van der Waals surface area contributed by atoms with Gasteiger partial charge in [0, 0.05) is 24.2 Å². The van der Waals surface area contributed by atoms with Crippen LogP contribution in [0, 0.1) is 0 Å². The molecule has 2 aromatic rings. The molecule has 0 fully saturated rings. The number of nitrogens with one attached hydrogen (secondary N) is 1. The van der Waals surface area contributed by atoms with E-state index in [0.29, 0.717) is 18.5 Å². The number of ether oxygens (including phenoxy) is 1. The van der Waals surface area contributed by atoms with Crippen LogP contribution in [0.15, 0.2) is 30.3 Å². The van der Waals surface area contributed by atoms with E-state index in [2.05, 4.69) is 10.2 Å². The fraction of sp³-hybridized carbons (Fsp3) is 0.267. The smallest absolute Gasteiger partial charge is 0.410 e. The maximum absolute atomic E-state index is 12.1. The van der Waals surface area contributed by atoms with Gasteiger partial charge in [-0.2, -0.15) is 5.10 Å². The number of aromatic amines is 1. The Morgan fingerprint density at radius 1 is 1.32 bits per heavy atom. The van der Waals surface area contributed by atoms with E-state index in [1.807, 2.05) is 30.3 Å². The van der Waals surface area contributed by atoms with Crippen LogP contribution >= 0.6 is 0 Å². The van der Waals surface area contributed by atoms with Crippen molar-refractivity contribution in [2.45, 2.75) is 19.6 Å². The molecule has 114 valence electrons. The van der Waals surface area contributed by atoms with Crippen LogP contribution in [0.2, 0.25) is 0 Å². The van der Waals surface area contributed by atoms with Crippen molar-refractivity contribution in [2.24, 2.45) is 0 Å². The first kappa shape index (κ1) is 14.1. The summed E-state index contributed by atoms with van der Waals surface area (Å²) in [6.45, 7) is 0.864. The van der Waals surface area contributed by atoms with Gasteiger partial charge in [-0.1, -0.05) is 30.3 Å². The Labute approximate surface area is 126 Å². The van der Waals surface area contributed by atoms with Crippen molar-refractivity contribution >= 4 is 12.1 Å². The summed E-state index contributed by atoms with van der Waals surface area (Å²) in [6.07, 6.45) is 0.0859. The largest absolute Gasteiger partial charge is 0.476 e. The molecule has 1 aromatic carbocycles. The average Bonchev–Trinajstić information content (AvgIpc) is 2.96. The number of fused-ring (bicyclic) bond motifs is 1. The van der Waals surface area contributed by atoms with Gasteiger partial charge >= 0.3 is 12.1 Å². The number of hydrogen-bond acceptors (Lipinski definition) is 4. The first-order valence-electron chi connectivity index (χ1n) is 6.90. The molecule has 0 aliphatic carbocycles. The number of amides is 1. The van der Waals surface area contributed by atoms with Crippen molar-refractivity contribution in [3.05, 3.63) is 52.8 Å². The second-order valence-electron chi connectivity index (χ2n) is 5.05. The summed E-state index contributed by atoms with van der Waals surface area (Å²) in [5, 5.41) is 15.6. The van der Waals surface area contributed by atoms with Crippen LogP contribution in [0.3, 0.4) is 0 Å². The summed E-state index contributed by atoms with van der Waals surface area (Å²) < 4.78 is 5.27. The van der Waals surface area contributed by atoms with E-state index in [-0.39, 0.29) is 18.8 Å². The molecule has 0 spiro atoms. The lowest BCUT2D eigenvalue weighted by Crippen LogP contribution is -2.36. The van der Waals surface area contributed by atoms with Gasteiger partial charge in [0.25, 0.3) is 0 Å². The highest BCUT2D eigenvalue weighted by Crippen LogP contribution is 2.21. The zero-order valence-electron chi connectivity index (χ0n) is 11.8. The van der Waals surface area contributed by atoms with E-state index >= 15 is 0 Å². The first-order valence-corrected chi connectivity index (χ1v) is 6.90. The molecule has 1 amide bonds. The SMILES string of the molecule is O=C(O)c1n[nH]c2c1CN(C(=O)OCc1ccccc1)CC2. The van der Waals surface area contributed by atoms with Crippen molar-refractivity contribution < 1.29 is 19.4 Å². The van der Waals surface area contributed by atoms with Crippen molar-refractivity contribution in [1.29, 1.82) is 0 Å². The molecule has 0 saturated carbocycles. The maximum Gasteiger partial charge on any atom is 0.410 e. The molecule has 2 heterocycles. The predicted molar refractivity (Wildman–Crippen MR) is 76.3 cm³/mol. The standard InChI is InChI=1S/C15H15N3O4/c19-14(20)13-11-8-18(7-6-12(11)16-17-13)15(21)22-9-10-4-2-1-3-5-10/h1-5H,6-9H2,(H,16,17)(H,19,20). The molecule has 1 aromatic heterocycles. The minimum absolute atomic E-state index is 0.0319. The number of carboxylic acid groups (broad SMARTS) is 1. The number of carbonyl (C=O) groups is 2. The molecule has 1 aliphatic heterocycles. The number of nitrogens with zero attached hydrogens (tertiary/aromatic N) is 2. The molecular formula is C15H15N3O4. The third kappa shape index (κ3) is 2.78. The van der Waals surface area contributed by atoms with Gasteiger partial charge in [0.05, 0.1) is 6.54 Å². The lowest BCUT2D eigenvalue weighted by atomic mass is 10.1. The minimum Gasteiger partial charge on any atom is -0.476 e. The summed E-state index contributed by atoms with van der Waals surface area (Å²) in [7, 11) is 0. The normalized spacial score (nSPS) is 13.5. The van der Waals surface area contributed by atoms with Crippen LogP contribution in [-0.2, 0) is 24.3 Å². The number of hydrogen-bond donors (Lipinski definition) is 2. The maximum atomic E-state index is 12.1. The number of carbonyl (C=O) groups excluding carboxylic acids is 1. The van der Waals surface area contributed by atoms with Crippen molar-refractivity contribution in [3.8, 4) is 0 Å². The molecule has 7 nitrogen and oxygen atoms in total. The third-order valence-electron chi connectivity index (χ3n) is 3.60. The van der Waals surface area contributed by atoms with Crippen molar-refractivity contribution in [3.63, 3.8) is 0 Å². The van der Waals surface area contributed by atoms with Gasteiger partial charge in [-0.25, -0.2) is 9.59 Å². The summed E-state index contributed by atoms with van der Waals surface area (Å²) in [6, 6.07) is 9.39. The summed E-state index contributed by atoms with van der Waals surface area (Å²) in [4.78, 5) is 24.7. The quantitative estimate of drug-likeness (QED) is 0.901. The molecule has 1 aliphatic rings. The highest BCUT2D eigenvalue weighted by molar-refractivity contribution is 5.87. The van der Waals surface area contributed by atoms with E-state index < -0.39 is 12.1 Å². The molecule has 0 saturated heterocycles. The number of carboxylic acids is 1. The minimum atomic E-state index is -1.10. The highest BCUT2D eigenvalue weighted by Gasteiger charge is 2.28. The van der Waals surface area contributed by atoms with E-state index in [4.69, 9.17) is 9.84 Å². The Kier molecular flexibility index (Phi) is 3.78. The molecule has 0 radical (unpaired) electrons. The van der Waals surface area contributed by atoms with Crippen LogP contribution in [0.25, 0.3) is 0 Å². The zero-order valence-corrected chi connectivity index (χ0v) is 11.8. The molecule has 0 unspecified atom stereocenters. The average molecular weight is 301 g/mol. The van der Waals surface area contributed by atoms with E-state index in [0.717, 1.165) is 11.3 Å². The zero-order chi connectivity index (χ0) is 15.5. The highest BCUT2D eigenvalue weighted by atomic mass is 16.6. The molecular weight excluding hydrogens is 286 g/mol. The number of aromatic carboxylic acids is 1. The van der Waals surface area contributed by atoms with Crippen LogP contribution in [-0.4, -0.2) is 38.8 Å². The van der Waals surface area contributed by atoms with Crippen LogP contribution < -0.4 is 0 Å². The Morgan fingerprint density at radius 3 is 2.82 bits per heavy atom. The lowest BCUT2D eigenvalue weighted by Gasteiger charge is -2.26. The van der Waals surface area contributed by atoms with E-state index in [1.165, 1.54) is 4.90 Å². The van der Waals surface area contributed by atoms with Gasteiger partial charge in [0.15, 0.2) is 5.69 Å². The molecule has 7 heteroatoms. The van der Waals surface area contributed by atoms with Gasteiger partial charge in [0.1, 0.15) is 6.61 Å². The van der Waals surface area contributed by atoms with Gasteiger partial charge < -0.3 is 14.7 Å². The molecule has 2 N–H and O–H groups in total. The number of H-pyrrole nitrogens is 1. The van der Waals surface area contributed by atoms with Crippen LogP contribution in [0.1, 0.15) is 27.3 Å². The monoisotopic (exact) mass is 301 g/mol. The van der Waals surface area contributed by atoms with Gasteiger partial charge in [-0.15, -0.1) is 0 Å². The third-order valence-corrected chi connectivity index (χ3v) is 3.60. The number of aromatic nitrogens is 2.